The van der Waals surface area contributed by atoms with Crippen molar-refractivity contribution in [3.63, 3.8) is 0 Å². The number of allylic oxidation sites excluding steroid dienone is 11. The fraction of sp³-hybridized carbons (Fsp3) is 0.412. The summed E-state index contributed by atoms with van der Waals surface area (Å²) in [5.41, 5.74) is 3.84. The highest BCUT2D eigenvalue weighted by Gasteiger charge is 2.43. The van der Waals surface area contributed by atoms with Gasteiger partial charge in [0.15, 0.2) is 0 Å². The maximum absolute atomic E-state index is 12.1. The minimum atomic E-state index is -4.51. The number of rotatable bonds is 16. The highest BCUT2D eigenvalue weighted by Crippen LogP contribution is 2.51. The summed E-state index contributed by atoms with van der Waals surface area (Å²) in [6, 6.07) is 4.33. The zero-order valence-electron chi connectivity index (χ0n) is 27.1. The predicted octanol–water partition coefficient (Wildman–Crippen LogP) is 7.54. The van der Waals surface area contributed by atoms with Gasteiger partial charge in [-0.1, -0.05) is 73.5 Å². The Morgan fingerprint density at radius 3 is 2.36 bits per heavy atom. The van der Waals surface area contributed by atoms with Gasteiger partial charge in [0.25, 0.3) is 20.2 Å². The van der Waals surface area contributed by atoms with Crippen LogP contribution in [0.25, 0.3) is 0 Å². The number of hydrogen-bond acceptors (Lipinski definition) is 7. The quantitative estimate of drug-likeness (QED) is 0.0881. The molecule has 3 rings (SSSR count). The van der Waals surface area contributed by atoms with Gasteiger partial charge < -0.3 is 10.0 Å². The summed E-state index contributed by atoms with van der Waals surface area (Å²) in [4.78, 5) is 17.4. The second-order valence-electron chi connectivity index (χ2n) is 12.4. The van der Waals surface area contributed by atoms with Gasteiger partial charge in [-0.3, -0.25) is 18.9 Å². The number of anilines is 1. The molecule has 0 radical (unpaired) electrons. The topological polar surface area (TPSA) is 162 Å². The first-order chi connectivity index (χ1) is 21.8. The highest BCUT2D eigenvalue weighted by molar-refractivity contribution is 9.11. The van der Waals surface area contributed by atoms with Crippen LogP contribution in [-0.2, 0) is 30.4 Å². The molecule has 1 unspecified atom stereocenters. The van der Waals surface area contributed by atoms with Crippen LogP contribution in [0, 0.1) is 5.41 Å². The minimum absolute atomic E-state index is 0.0419. The van der Waals surface area contributed by atoms with E-state index in [-0.39, 0.29) is 29.7 Å². The van der Waals surface area contributed by atoms with E-state index >= 15 is 0 Å². The molecule has 0 saturated heterocycles. The van der Waals surface area contributed by atoms with Gasteiger partial charge in [0.2, 0.25) is 0 Å². The maximum atomic E-state index is 12.1. The van der Waals surface area contributed by atoms with Gasteiger partial charge in [0.1, 0.15) is 0 Å². The molecule has 47 heavy (non-hydrogen) atoms. The summed E-state index contributed by atoms with van der Waals surface area (Å²) < 4.78 is 67.3. The largest absolute Gasteiger partial charge is 0.481 e. The Kier molecular flexibility index (Phi) is 12.6. The Labute approximate surface area is 286 Å². The van der Waals surface area contributed by atoms with E-state index in [1.54, 1.807) is 12.1 Å². The van der Waals surface area contributed by atoms with Gasteiger partial charge >= 0.3 is 5.97 Å². The second kappa shape index (κ2) is 15.4. The molecule has 0 spiro atoms. The third-order valence-corrected chi connectivity index (χ3v) is 10.8. The SMILES string of the molecule is C=C/C(Br)=C\C1=C(C)N=C(/C=C/C=C/C=C2\N(CCCS(=O)(=O)O)c3ccc(S(=O)(=O)O)cc3C2(C)CCCCCC(=O)O)C1(C)C. The Balaban J connectivity index is 2.00. The van der Waals surface area contributed by atoms with Crippen molar-refractivity contribution < 1.29 is 35.8 Å². The number of aliphatic imine (C=N–C) groups is 1. The van der Waals surface area contributed by atoms with Crippen LogP contribution in [-0.4, -0.2) is 55.0 Å². The van der Waals surface area contributed by atoms with Crippen molar-refractivity contribution >= 4 is 53.5 Å². The van der Waals surface area contributed by atoms with Crippen molar-refractivity contribution in [3.8, 4) is 0 Å². The molecule has 0 amide bonds. The summed E-state index contributed by atoms with van der Waals surface area (Å²) in [6.07, 6.45) is 15.6. The predicted molar refractivity (Wildman–Crippen MR) is 190 cm³/mol. The number of nitrogens with zero attached hydrogens (tertiary/aromatic N) is 2. The van der Waals surface area contributed by atoms with Crippen molar-refractivity contribution in [1.82, 2.24) is 0 Å². The second-order valence-corrected chi connectivity index (χ2v) is 16.3. The average molecular weight is 752 g/mol. The maximum Gasteiger partial charge on any atom is 0.303 e. The van der Waals surface area contributed by atoms with Gasteiger partial charge in [-0.05, 0) is 80.7 Å². The lowest BCUT2D eigenvalue weighted by molar-refractivity contribution is -0.137. The molecule has 1 aromatic rings. The lowest BCUT2D eigenvalue weighted by Gasteiger charge is -2.30. The molecule has 256 valence electrons. The van der Waals surface area contributed by atoms with Gasteiger partial charge in [0.05, 0.1) is 16.4 Å². The number of benzene rings is 1. The molecule has 1 atom stereocenters. The Morgan fingerprint density at radius 2 is 1.74 bits per heavy atom. The molecule has 0 aliphatic carbocycles. The van der Waals surface area contributed by atoms with E-state index in [0.29, 0.717) is 36.9 Å². The molecule has 0 bridgehead atoms. The van der Waals surface area contributed by atoms with Crippen LogP contribution in [0.1, 0.15) is 71.8 Å². The van der Waals surface area contributed by atoms with Crippen LogP contribution in [0.4, 0.5) is 5.69 Å². The third kappa shape index (κ3) is 9.73. The van der Waals surface area contributed by atoms with E-state index in [1.807, 2.05) is 55.2 Å². The number of hydrogen-bond donors (Lipinski definition) is 3. The van der Waals surface area contributed by atoms with E-state index in [9.17, 15) is 30.7 Å². The molecular weight excluding hydrogens is 708 g/mol. The normalized spacial score (nSPS) is 20.9. The molecule has 0 saturated carbocycles. The molecule has 2 aliphatic heterocycles. The Hall–Kier alpha value is -3.10. The number of carboxylic acid groups (broad SMARTS) is 1. The van der Waals surface area contributed by atoms with E-state index in [0.717, 1.165) is 27.2 Å². The first-order valence-electron chi connectivity index (χ1n) is 15.2. The van der Waals surface area contributed by atoms with Crippen LogP contribution < -0.4 is 4.90 Å². The molecule has 10 nitrogen and oxygen atoms in total. The third-order valence-electron chi connectivity index (χ3n) is 8.56. The summed E-state index contributed by atoms with van der Waals surface area (Å²) in [5.74, 6) is -1.33. The standard InChI is InChI=1S/C34H43BrN2O8S2/c1-6-25(35)22-27-24(2)36-30(33(27,3)4)14-9-7-10-15-31-34(5,19-12-8-11-16-32(38)39)28-23-26(47(43,44)45)17-18-29(28)37(31)20-13-21-46(40,41)42/h6-7,9-10,14-15,17-18,22-23H,1,8,11-13,16,19-21H2,2-5H3,(H,38,39)(H,40,41,42)(H,43,44,45)/b10-7+,14-9+,25-22+,31-15-. The van der Waals surface area contributed by atoms with Crippen LogP contribution in [0.3, 0.4) is 0 Å². The first-order valence-corrected chi connectivity index (χ1v) is 19.1. The van der Waals surface area contributed by atoms with Crippen LogP contribution in [0.2, 0.25) is 0 Å². The molecule has 2 aliphatic rings. The summed E-state index contributed by atoms with van der Waals surface area (Å²) >= 11 is 3.49. The summed E-state index contributed by atoms with van der Waals surface area (Å²) in [7, 11) is -8.71. The number of fused-ring (bicyclic) bond motifs is 1. The molecule has 0 fully saturated rings. The van der Waals surface area contributed by atoms with Crippen molar-refractivity contribution in [2.24, 2.45) is 10.4 Å². The monoisotopic (exact) mass is 750 g/mol. The minimum Gasteiger partial charge on any atom is -0.481 e. The van der Waals surface area contributed by atoms with Gasteiger partial charge in [-0.15, -0.1) is 0 Å². The summed E-state index contributed by atoms with van der Waals surface area (Å²) in [5, 5.41) is 9.05. The molecule has 1 aromatic carbocycles. The van der Waals surface area contributed by atoms with Crippen LogP contribution in [0.5, 0.6) is 0 Å². The molecule has 2 heterocycles. The number of carboxylic acids is 1. The van der Waals surface area contributed by atoms with Crippen molar-refractivity contribution in [2.75, 3.05) is 17.2 Å². The molecular formula is C34H43BrN2O8S2. The van der Waals surface area contributed by atoms with E-state index in [1.165, 1.54) is 12.1 Å². The lowest BCUT2D eigenvalue weighted by Crippen LogP contribution is -2.30. The highest BCUT2D eigenvalue weighted by atomic mass is 79.9. The van der Waals surface area contributed by atoms with E-state index in [4.69, 9.17) is 10.1 Å². The zero-order chi connectivity index (χ0) is 35.2. The molecule has 3 N–H and O–H groups in total. The van der Waals surface area contributed by atoms with Crippen molar-refractivity contribution in [3.05, 3.63) is 94.3 Å². The molecule has 13 heteroatoms. The lowest BCUT2D eigenvalue weighted by atomic mass is 9.77. The number of carbonyl (C=O) groups is 1. The number of aliphatic carboxylic acids is 1. The van der Waals surface area contributed by atoms with Gasteiger partial charge in [-0.25, -0.2) is 0 Å². The average Bonchev–Trinajstić information content (AvgIpc) is 3.32. The van der Waals surface area contributed by atoms with Gasteiger partial charge in [-0.2, -0.15) is 16.8 Å². The smallest absolute Gasteiger partial charge is 0.303 e. The number of unbranched alkanes of at least 4 members (excludes halogenated alkanes) is 2. The fourth-order valence-electron chi connectivity index (χ4n) is 6.09. The summed E-state index contributed by atoms with van der Waals surface area (Å²) in [6.45, 7) is 12.1. The Bertz CT molecular complexity index is 1800. The van der Waals surface area contributed by atoms with Crippen LogP contribution in [0.15, 0.2) is 98.6 Å². The van der Waals surface area contributed by atoms with E-state index in [2.05, 4.69) is 36.4 Å². The Morgan fingerprint density at radius 1 is 1.04 bits per heavy atom. The van der Waals surface area contributed by atoms with E-state index < -0.39 is 37.4 Å². The fourth-order valence-corrected chi connectivity index (χ4v) is 7.32. The van der Waals surface area contributed by atoms with Crippen molar-refractivity contribution in [2.45, 2.75) is 76.5 Å². The van der Waals surface area contributed by atoms with Crippen molar-refractivity contribution in [1.29, 1.82) is 0 Å². The zero-order valence-corrected chi connectivity index (χ0v) is 30.3. The first kappa shape index (κ1) is 38.3. The van der Waals surface area contributed by atoms with Crippen LogP contribution >= 0.6 is 15.9 Å². The number of halogens is 1. The van der Waals surface area contributed by atoms with Gasteiger partial charge in [0, 0.05) is 45.4 Å². The molecule has 0 aromatic heterocycles.